The summed E-state index contributed by atoms with van der Waals surface area (Å²) in [4.78, 5) is 3.46. The fourth-order valence-corrected chi connectivity index (χ4v) is 4.36. The van der Waals surface area contributed by atoms with Crippen LogP contribution < -0.4 is 0 Å². The highest BCUT2D eigenvalue weighted by Crippen LogP contribution is 2.40. The van der Waals surface area contributed by atoms with E-state index >= 15 is 0 Å². The van der Waals surface area contributed by atoms with Crippen molar-refractivity contribution in [1.29, 1.82) is 5.26 Å². The highest BCUT2D eigenvalue weighted by atomic mass is 16.3. The average molecular weight is 383 g/mol. The van der Waals surface area contributed by atoms with Gasteiger partial charge in [-0.2, -0.15) is 5.26 Å². The van der Waals surface area contributed by atoms with Crippen LogP contribution in [0.4, 0.5) is 5.69 Å². The summed E-state index contributed by atoms with van der Waals surface area (Å²) in [6.45, 7) is 7.29. The van der Waals surface area contributed by atoms with Gasteiger partial charge in [-0.3, -0.25) is 0 Å². The first-order chi connectivity index (χ1) is 14.8. The molecule has 4 heteroatoms. The number of hydrogen-bond donors (Lipinski definition) is 0. The first kappa shape index (κ1) is 16.4. The largest absolute Gasteiger partial charge is 0.455 e. The number of fused-ring (bicyclic) bond motifs is 7. The van der Waals surface area contributed by atoms with Crippen LogP contribution in [0.5, 0.6) is 0 Å². The fourth-order valence-electron chi connectivity index (χ4n) is 4.36. The Morgan fingerprint density at radius 3 is 2.47 bits per heavy atom. The number of aromatic nitrogens is 1. The molecule has 0 aliphatic heterocycles. The van der Waals surface area contributed by atoms with Crippen LogP contribution >= 0.6 is 0 Å². The molecule has 0 aliphatic rings. The van der Waals surface area contributed by atoms with Crippen molar-refractivity contribution in [2.24, 2.45) is 0 Å². The molecule has 6 aromatic rings. The molecule has 138 valence electrons. The Morgan fingerprint density at radius 1 is 0.833 bits per heavy atom. The van der Waals surface area contributed by atoms with Gasteiger partial charge in [0.2, 0.25) is 5.69 Å². The molecule has 0 amide bonds. The number of benzene rings is 4. The summed E-state index contributed by atoms with van der Waals surface area (Å²) in [5.74, 6) is 0. The van der Waals surface area contributed by atoms with Gasteiger partial charge >= 0.3 is 0 Å². The van der Waals surface area contributed by atoms with Crippen molar-refractivity contribution in [3.63, 3.8) is 0 Å². The van der Waals surface area contributed by atoms with Crippen LogP contribution in [0.25, 0.3) is 54.3 Å². The molecule has 2 aromatic heterocycles. The molecular weight excluding hydrogens is 370 g/mol. The highest BCUT2D eigenvalue weighted by molar-refractivity contribution is 6.23. The van der Waals surface area contributed by atoms with Crippen LogP contribution in [0.15, 0.2) is 83.3 Å². The van der Waals surface area contributed by atoms with Crippen LogP contribution in [0.1, 0.15) is 5.56 Å². The Bertz CT molecular complexity index is 1720. The molecule has 0 unspecified atom stereocenters. The van der Waals surface area contributed by atoms with Crippen molar-refractivity contribution >= 4 is 49.4 Å². The Balaban J connectivity index is 1.80. The van der Waals surface area contributed by atoms with E-state index in [4.69, 9.17) is 11.0 Å². The molecule has 0 saturated heterocycles. The van der Waals surface area contributed by atoms with Gasteiger partial charge in [0, 0.05) is 21.8 Å². The minimum Gasteiger partial charge on any atom is -0.455 e. The molecule has 2 heterocycles. The van der Waals surface area contributed by atoms with Crippen molar-refractivity contribution in [3.8, 4) is 11.8 Å². The molecule has 0 N–H and O–H groups in total. The summed E-state index contributed by atoms with van der Waals surface area (Å²) >= 11 is 0. The number of para-hydroxylation sites is 2. The van der Waals surface area contributed by atoms with Gasteiger partial charge in [0.25, 0.3) is 0 Å². The molecule has 30 heavy (non-hydrogen) atoms. The van der Waals surface area contributed by atoms with E-state index in [2.05, 4.69) is 45.8 Å². The molecule has 4 nitrogen and oxygen atoms in total. The molecule has 0 radical (unpaired) electrons. The lowest BCUT2D eigenvalue weighted by molar-refractivity contribution is 0.673. The van der Waals surface area contributed by atoms with E-state index in [-0.39, 0.29) is 0 Å². The summed E-state index contributed by atoms with van der Waals surface area (Å²) in [7, 11) is 0. The summed E-state index contributed by atoms with van der Waals surface area (Å²) < 4.78 is 8.43. The lowest BCUT2D eigenvalue weighted by Gasteiger charge is -2.09. The maximum absolute atomic E-state index is 9.50. The first-order valence-electron chi connectivity index (χ1n) is 9.55. The Labute approximate surface area is 171 Å². The van der Waals surface area contributed by atoms with Crippen molar-refractivity contribution in [2.75, 3.05) is 0 Å². The molecule has 0 atom stereocenters. The topological polar surface area (TPSA) is 46.2 Å². The summed E-state index contributed by atoms with van der Waals surface area (Å²) in [6.07, 6.45) is 0. The summed E-state index contributed by atoms with van der Waals surface area (Å²) in [5, 5.41) is 13.8. The SMILES string of the molecule is [C-]#[N+]c1ccc(-n2c3ccccc3c3c4oc5ccccc5c4ccc32)cc1C#N. The number of nitrogens with zero attached hydrogens (tertiary/aromatic N) is 3. The zero-order valence-corrected chi connectivity index (χ0v) is 15.8. The second-order valence-electron chi connectivity index (χ2n) is 7.21. The van der Waals surface area contributed by atoms with Gasteiger partial charge in [0.05, 0.1) is 34.6 Å². The van der Waals surface area contributed by atoms with E-state index in [1.165, 1.54) is 0 Å². The average Bonchev–Trinajstić information content (AvgIpc) is 3.34. The van der Waals surface area contributed by atoms with Gasteiger partial charge in [0.15, 0.2) is 0 Å². The molecular formula is C26H13N3O. The van der Waals surface area contributed by atoms with Crippen LogP contribution in [0, 0.1) is 17.9 Å². The van der Waals surface area contributed by atoms with Gasteiger partial charge < -0.3 is 8.98 Å². The minimum absolute atomic E-state index is 0.363. The lowest BCUT2D eigenvalue weighted by atomic mass is 10.1. The number of furan rings is 1. The Hall–Kier alpha value is -4.54. The monoisotopic (exact) mass is 383 g/mol. The van der Waals surface area contributed by atoms with E-state index in [0.29, 0.717) is 11.3 Å². The van der Waals surface area contributed by atoms with Crippen LogP contribution in [-0.2, 0) is 0 Å². The number of hydrogen-bond acceptors (Lipinski definition) is 2. The van der Waals surface area contributed by atoms with Crippen molar-refractivity contribution < 1.29 is 4.42 Å². The maximum atomic E-state index is 9.50. The zero-order valence-electron chi connectivity index (χ0n) is 15.8. The van der Waals surface area contributed by atoms with Crippen molar-refractivity contribution in [2.45, 2.75) is 0 Å². The van der Waals surface area contributed by atoms with Crippen molar-refractivity contribution in [1.82, 2.24) is 4.57 Å². The van der Waals surface area contributed by atoms with Crippen LogP contribution in [0.3, 0.4) is 0 Å². The second-order valence-corrected chi connectivity index (χ2v) is 7.21. The fraction of sp³-hybridized carbons (Fsp3) is 0. The van der Waals surface area contributed by atoms with Gasteiger partial charge in [-0.1, -0.05) is 42.5 Å². The lowest BCUT2D eigenvalue weighted by Crippen LogP contribution is -1.94. The standard InChI is InChI=1S/C26H13N3O/c1-28-21-12-10-17(14-16(21)15-27)29-22-8-4-2-7-20(22)25-23(29)13-11-19-18-6-3-5-9-24(18)30-26(19)25/h2-14H. The predicted molar refractivity (Wildman–Crippen MR) is 119 cm³/mol. The minimum atomic E-state index is 0.363. The maximum Gasteiger partial charge on any atom is 0.204 e. The Kier molecular flexibility index (Phi) is 3.27. The van der Waals surface area contributed by atoms with E-state index < -0.39 is 0 Å². The van der Waals surface area contributed by atoms with E-state index in [1.807, 2.05) is 36.4 Å². The quantitative estimate of drug-likeness (QED) is 0.284. The molecule has 0 fully saturated rings. The molecule has 0 saturated carbocycles. The van der Waals surface area contributed by atoms with Crippen LogP contribution in [-0.4, -0.2) is 4.57 Å². The third kappa shape index (κ3) is 2.08. The number of nitriles is 1. The van der Waals surface area contributed by atoms with Crippen molar-refractivity contribution in [3.05, 3.63) is 95.8 Å². The molecule has 0 aliphatic carbocycles. The first-order valence-corrected chi connectivity index (χ1v) is 9.55. The van der Waals surface area contributed by atoms with E-state index in [0.717, 1.165) is 49.4 Å². The van der Waals surface area contributed by atoms with E-state index in [1.54, 1.807) is 12.1 Å². The van der Waals surface area contributed by atoms with Gasteiger partial charge in [0.1, 0.15) is 11.2 Å². The predicted octanol–water partition coefficient (Wildman–Crippen LogP) is 7.11. The van der Waals surface area contributed by atoms with Gasteiger partial charge in [-0.15, -0.1) is 0 Å². The third-order valence-corrected chi connectivity index (χ3v) is 5.66. The zero-order chi connectivity index (χ0) is 20.2. The normalized spacial score (nSPS) is 11.3. The third-order valence-electron chi connectivity index (χ3n) is 5.66. The van der Waals surface area contributed by atoms with E-state index in [9.17, 15) is 5.26 Å². The van der Waals surface area contributed by atoms with Crippen LogP contribution in [0.2, 0.25) is 0 Å². The van der Waals surface area contributed by atoms with Gasteiger partial charge in [-0.25, -0.2) is 4.85 Å². The summed E-state index contributed by atoms with van der Waals surface area (Å²) in [5.41, 5.74) is 5.34. The smallest absolute Gasteiger partial charge is 0.204 e. The molecule has 0 spiro atoms. The molecule has 6 rings (SSSR count). The second kappa shape index (κ2) is 5.98. The summed E-state index contributed by atoms with van der Waals surface area (Å²) in [6, 6.07) is 28.0. The van der Waals surface area contributed by atoms with Gasteiger partial charge in [-0.05, 0) is 36.4 Å². The number of rotatable bonds is 1. The molecule has 0 bridgehead atoms. The molecule has 4 aromatic carbocycles. The highest BCUT2D eigenvalue weighted by Gasteiger charge is 2.18. The Morgan fingerprint density at radius 2 is 1.63 bits per heavy atom.